The van der Waals surface area contributed by atoms with Gasteiger partial charge in [0.05, 0.1) is 20.8 Å². The molecule has 100 valence electrons. The van der Waals surface area contributed by atoms with Crippen LogP contribution in [0.4, 0.5) is 5.95 Å². The highest BCUT2D eigenvalue weighted by molar-refractivity contribution is 5.85. The van der Waals surface area contributed by atoms with Crippen molar-refractivity contribution in [2.75, 3.05) is 20.0 Å². The molecule has 2 rings (SSSR count). The van der Waals surface area contributed by atoms with E-state index in [1.54, 1.807) is 7.11 Å². The normalized spacial score (nSPS) is 10.2. The summed E-state index contributed by atoms with van der Waals surface area (Å²) >= 11 is 0. The van der Waals surface area contributed by atoms with Gasteiger partial charge in [-0.05, 0) is 17.7 Å². The Bertz CT molecular complexity index is 577. The summed E-state index contributed by atoms with van der Waals surface area (Å²) in [6.45, 7) is 0.416. The van der Waals surface area contributed by atoms with Crippen molar-refractivity contribution in [1.82, 2.24) is 14.8 Å². The summed E-state index contributed by atoms with van der Waals surface area (Å²) in [6.07, 6.45) is 0. The van der Waals surface area contributed by atoms with Crippen molar-refractivity contribution in [1.29, 1.82) is 0 Å². The van der Waals surface area contributed by atoms with E-state index in [2.05, 4.69) is 14.8 Å². The van der Waals surface area contributed by atoms with Crippen molar-refractivity contribution in [2.45, 2.75) is 6.54 Å². The van der Waals surface area contributed by atoms with Gasteiger partial charge in [-0.2, -0.15) is 4.98 Å². The first-order chi connectivity index (χ1) is 9.13. The van der Waals surface area contributed by atoms with Crippen molar-refractivity contribution in [2.24, 2.45) is 0 Å². The van der Waals surface area contributed by atoms with Crippen LogP contribution in [-0.2, 0) is 11.3 Å². The van der Waals surface area contributed by atoms with E-state index in [0.717, 1.165) is 11.3 Å². The Labute approximate surface area is 110 Å². The van der Waals surface area contributed by atoms with Crippen LogP contribution >= 0.6 is 0 Å². The maximum absolute atomic E-state index is 11.3. The minimum atomic E-state index is -0.611. The number of nitrogens with two attached hydrogens (primary N) is 1. The van der Waals surface area contributed by atoms with Crippen LogP contribution < -0.4 is 10.5 Å². The van der Waals surface area contributed by atoms with Crippen LogP contribution in [0.1, 0.15) is 16.2 Å². The fraction of sp³-hybridized carbons (Fsp3) is 0.250. The Balaban J connectivity index is 2.18. The third kappa shape index (κ3) is 2.82. The molecule has 1 aromatic heterocycles. The molecule has 19 heavy (non-hydrogen) atoms. The van der Waals surface area contributed by atoms with E-state index >= 15 is 0 Å². The molecule has 0 fully saturated rings. The van der Waals surface area contributed by atoms with Gasteiger partial charge in [-0.3, -0.25) is 0 Å². The Hall–Kier alpha value is -2.57. The standard InChI is InChI=1S/C12H14N4O3/c1-18-9-5-3-8(4-6-9)7-16-12(13)14-10(15-16)11(17)19-2/h3-6H,7H2,1-2H3,(H2,13,14,15). The van der Waals surface area contributed by atoms with Gasteiger partial charge in [-0.25, -0.2) is 9.48 Å². The molecule has 0 aliphatic heterocycles. The molecule has 0 spiro atoms. The molecular weight excluding hydrogens is 248 g/mol. The second-order valence-electron chi connectivity index (χ2n) is 3.79. The van der Waals surface area contributed by atoms with Gasteiger partial charge in [-0.15, -0.1) is 5.10 Å². The molecule has 2 N–H and O–H groups in total. The highest BCUT2D eigenvalue weighted by Gasteiger charge is 2.15. The summed E-state index contributed by atoms with van der Waals surface area (Å²) in [5.41, 5.74) is 6.66. The molecule has 0 bridgehead atoms. The summed E-state index contributed by atoms with van der Waals surface area (Å²) in [7, 11) is 2.87. The van der Waals surface area contributed by atoms with Crippen LogP contribution in [0.15, 0.2) is 24.3 Å². The number of esters is 1. The van der Waals surface area contributed by atoms with Crippen molar-refractivity contribution in [3.8, 4) is 5.75 Å². The van der Waals surface area contributed by atoms with Crippen LogP contribution in [0.5, 0.6) is 5.75 Å². The molecule has 0 atom stereocenters. The summed E-state index contributed by atoms with van der Waals surface area (Å²) in [6, 6.07) is 7.45. The molecule has 0 aliphatic carbocycles. The summed E-state index contributed by atoms with van der Waals surface area (Å²) in [5.74, 6) is 0.274. The maximum atomic E-state index is 11.3. The molecule has 1 heterocycles. The van der Waals surface area contributed by atoms with Gasteiger partial charge in [0.15, 0.2) is 0 Å². The quantitative estimate of drug-likeness (QED) is 0.815. The van der Waals surface area contributed by atoms with E-state index in [9.17, 15) is 4.79 Å². The predicted molar refractivity (Wildman–Crippen MR) is 67.9 cm³/mol. The number of nitrogens with zero attached hydrogens (tertiary/aromatic N) is 3. The number of carbonyl (C=O) groups excluding carboxylic acids is 1. The average Bonchev–Trinajstić information content (AvgIpc) is 2.80. The van der Waals surface area contributed by atoms with Gasteiger partial charge in [0, 0.05) is 0 Å². The maximum Gasteiger partial charge on any atom is 0.378 e. The number of nitrogen functional groups attached to an aromatic ring is 1. The zero-order valence-corrected chi connectivity index (χ0v) is 10.7. The van der Waals surface area contributed by atoms with E-state index in [0.29, 0.717) is 6.54 Å². The molecule has 0 saturated heterocycles. The minimum absolute atomic E-state index is 0.0477. The summed E-state index contributed by atoms with van der Waals surface area (Å²) < 4.78 is 11.0. The highest BCUT2D eigenvalue weighted by atomic mass is 16.5. The fourth-order valence-electron chi connectivity index (χ4n) is 1.55. The second-order valence-corrected chi connectivity index (χ2v) is 3.79. The number of carbonyl (C=O) groups is 1. The molecule has 7 heteroatoms. The van der Waals surface area contributed by atoms with E-state index in [1.165, 1.54) is 11.8 Å². The lowest BCUT2D eigenvalue weighted by atomic mass is 10.2. The smallest absolute Gasteiger partial charge is 0.378 e. The Morgan fingerprint density at radius 1 is 1.32 bits per heavy atom. The lowest BCUT2D eigenvalue weighted by Gasteiger charge is -2.04. The Morgan fingerprint density at radius 2 is 2.00 bits per heavy atom. The first-order valence-corrected chi connectivity index (χ1v) is 5.55. The monoisotopic (exact) mass is 262 g/mol. The zero-order chi connectivity index (χ0) is 13.8. The Kier molecular flexibility index (Phi) is 3.65. The first kappa shape index (κ1) is 12.9. The highest BCUT2D eigenvalue weighted by Crippen LogP contribution is 2.13. The van der Waals surface area contributed by atoms with Gasteiger partial charge >= 0.3 is 5.97 Å². The zero-order valence-electron chi connectivity index (χ0n) is 10.7. The largest absolute Gasteiger partial charge is 0.497 e. The van der Waals surface area contributed by atoms with Crippen LogP contribution in [-0.4, -0.2) is 35.0 Å². The van der Waals surface area contributed by atoms with E-state index in [1.807, 2.05) is 24.3 Å². The number of methoxy groups -OCH3 is 2. The number of rotatable bonds is 4. The van der Waals surface area contributed by atoms with Gasteiger partial charge in [0.1, 0.15) is 5.75 Å². The molecule has 1 aromatic carbocycles. The third-order valence-electron chi connectivity index (χ3n) is 2.56. The predicted octanol–water partition coefficient (Wildman–Crippen LogP) is 0.704. The van der Waals surface area contributed by atoms with Crippen LogP contribution in [0.2, 0.25) is 0 Å². The molecule has 0 amide bonds. The number of hydrogen-bond donors (Lipinski definition) is 1. The topological polar surface area (TPSA) is 92.3 Å². The number of hydrogen-bond acceptors (Lipinski definition) is 6. The summed E-state index contributed by atoms with van der Waals surface area (Å²) in [5, 5.41) is 3.99. The minimum Gasteiger partial charge on any atom is -0.497 e. The van der Waals surface area contributed by atoms with E-state index < -0.39 is 5.97 Å². The van der Waals surface area contributed by atoms with Crippen LogP contribution in [0, 0.1) is 0 Å². The molecule has 0 radical (unpaired) electrons. The van der Waals surface area contributed by atoms with Gasteiger partial charge in [-0.1, -0.05) is 12.1 Å². The van der Waals surface area contributed by atoms with Crippen LogP contribution in [0.25, 0.3) is 0 Å². The molecular formula is C12H14N4O3. The summed E-state index contributed by atoms with van der Waals surface area (Å²) in [4.78, 5) is 15.1. The van der Waals surface area contributed by atoms with Gasteiger partial charge in [0.25, 0.3) is 5.82 Å². The fourth-order valence-corrected chi connectivity index (χ4v) is 1.55. The third-order valence-corrected chi connectivity index (χ3v) is 2.56. The molecule has 0 saturated carbocycles. The average molecular weight is 262 g/mol. The molecule has 7 nitrogen and oxygen atoms in total. The van der Waals surface area contributed by atoms with Crippen molar-refractivity contribution in [3.05, 3.63) is 35.7 Å². The molecule has 0 unspecified atom stereocenters. The lowest BCUT2D eigenvalue weighted by molar-refractivity contribution is 0.0586. The van der Waals surface area contributed by atoms with Crippen molar-refractivity contribution in [3.63, 3.8) is 0 Å². The molecule has 2 aromatic rings. The van der Waals surface area contributed by atoms with Crippen molar-refractivity contribution < 1.29 is 14.3 Å². The lowest BCUT2D eigenvalue weighted by Crippen LogP contribution is -2.07. The number of aromatic nitrogens is 3. The Morgan fingerprint density at radius 3 is 2.58 bits per heavy atom. The van der Waals surface area contributed by atoms with Crippen molar-refractivity contribution >= 4 is 11.9 Å². The number of benzene rings is 1. The SMILES string of the molecule is COC(=O)c1nc(N)n(Cc2ccc(OC)cc2)n1. The molecule has 0 aliphatic rings. The first-order valence-electron chi connectivity index (χ1n) is 5.55. The second kappa shape index (κ2) is 5.38. The van der Waals surface area contributed by atoms with Gasteiger partial charge in [0.2, 0.25) is 5.95 Å². The van der Waals surface area contributed by atoms with Crippen LogP contribution in [0.3, 0.4) is 0 Å². The van der Waals surface area contributed by atoms with E-state index in [4.69, 9.17) is 10.5 Å². The number of anilines is 1. The van der Waals surface area contributed by atoms with Gasteiger partial charge < -0.3 is 15.2 Å². The number of ether oxygens (including phenoxy) is 2. The van der Waals surface area contributed by atoms with E-state index in [-0.39, 0.29) is 11.8 Å².